The number of nitrogens with one attached hydrogen (secondary N) is 2. The summed E-state index contributed by atoms with van der Waals surface area (Å²) in [7, 11) is 0. The maximum absolute atomic E-state index is 13.0. The summed E-state index contributed by atoms with van der Waals surface area (Å²) in [6.07, 6.45) is 5.27. The number of morpholine rings is 1. The second kappa shape index (κ2) is 12.2. The third kappa shape index (κ3) is 6.06. The van der Waals surface area contributed by atoms with E-state index in [0.717, 1.165) is 25.1 Å². The first-order valence-electron chi connectivity index (χ1n) is 14.6. The number of ether oxygens (including phenoxy) is 1. The van der Waals surface area contributed by atoms with Crippen molar-refractivity contribution >= 4 is 34.9 Å². The number of hydrogen-bond acceptors (Lipinski definition) is 8. The van der Waals surface area contributed by atoms with Crippen molar-refractivity contribution in [2.45, 2.75) is 38.6 Å². The Kier molecular flexibility index (Phi) is 8.00. The molecule has 2 aliphatic heterocycles. The number of carbonyl (C=O) groups excluding carboxylic acids is 2. The molecule has 11 nitrogen and oxygen atoms in total. The summed E-state index contributed by atoms with van der Waals surface area (Å²) in [6.45, 7) is 8.01. The van der Waals surface area contributed by atoms with Crippen LogP contribution in [0.2, 0.25) is 0 Å². The van der Waals surface area contributed by atoms with Gasteiger partial charge in [0.15, 0.2) is 11.5 Å². The number of rotatable bonds is 7. The van der Waals surface area contributed by atoms with Gasteiger partial charge in [-0.2, -0.15) is 4.98 Å². The van der Waals surface area contributed by atoms with Crippen LogP contribution in [0, 0.1) is 0 Å². The fourth-order valence-corrected chi connectivity index (χ4v) is 5.38. The van der Waals surface area contributed by atoms with E-state index < -0.39 is 0 Å². The molecule has 2 aromatic heterocycles. The van der Waals surface area contributed by atoms with Gasteiger partial charge in [-0.15, -0.1) is 5.10 Å². The first kappa shape index (κ1) is 27.6. The van der Waals surface area contributed by atoms with E-state index in [9.17, 15) is 9.59 Å². The third-order valence-electron chi connectivity index (χ3n) is 7.81. The molecule has 4 heterocycles. The van der Waals surface area contributed by atoms with Gasteiger partial charge in [0.05, 0.1) is 13.2 Å². The lowest BCUT2D eigenvalue weighted by Crippen LogP contribution is -2.48. The molecule has 4 aromatic rings. The number of imidazole rings is 1. The molecular weight excluding hydrogens is 532 g/mol. The Morgan fingerprint density at radius 1 is 0.976 bits per heavy atom. The van der Waals surface area contributed by atoms with Crippen molar-refractivity contribution in [2.75, 3.05) is 49.6 Å². The Hall–Kier alpha value is -4.51. The van der Waals surface area contributed by atoms with Gasteiger partial charge >= 0.3 is 0 Å². The number of amides is 2. The number of hydrogen-bond donors (Lipinski definition) is 2. The SMILES string of the molecule is CC(C)c1ccc(C(=O)N[C@H]2CCCN(c3nc(Nc4ccc(C(=O)N5CCOCC5)cc4)c4nccn4n3)C2)cc1. The van der Waals surface area contributed by atoms with Crippen molar-refractivity contribution in [1.29, 1.82) is 0 Å². The number of anilines is 3. The van der Waals surface area contributed by atoms with Crippen LogP contribution >= 0.6 is 0 Å². The zero-order valence-corrected chi connectivity index (χ0v) is 24.0. The molecule has 0 aliphatic carbocycles. The standard InChI is InChI=1S/C31H36N8O3/c1-21(2)22-5-7-23(8-6-22)29(40)34-26-4-3-14-38(20-26)31-35-27(28-32-13-15-39(28)36-31)33-25-11-9-24(10-12-25)30(41)37-16-18-42-19-17-37/h5-13,15,21,26H,3-4,14,16-20H2,1-2H3,(H,34,40)(H,33,35,36)/t26-/m0/s1. The highest BCUT2D eigenvalue weighted by molar-refractivity contribution is 5.95. The molecule has 2 N–H and O–H groups in total. The van der Waals surface area contributed by atoms with Crippen LogP contribution in [0.3, 0.4) is 0 Å². The van der Waals surface area contributed by atoms with Crippen molar-refractivity contribution in [3.05, 3.63) is 77.6 Å². The average molecular weight is 569 g/mol. The first-order chi connectivity index (χ1) is 20.4. The molecule has 0 radical (unpaired) electrons. The molecule has 2 aromatic carbocycles. The van der Waals surface area contributed by atoms with Gasteiger partial charge in [-0.25, -0.2) is 9.50 Å². The maximum Gasteiger partial charge on any atom is 0.254 e. The van der Waals surface area contributed by atoms with Crippen LogP contribution in [0.25, 0.3) is 5.65 Å². The highest BCUT2D eigenvalue weighted by Gasteiger charge is 2.25. The minimum Gasteiger partial charge on any atom is -0.378 e. The van der Waals surface area contributed by atoms with Crippen molar-refractivity contribution in [3.63, 3.8) is 0 Å². The van der Waals surface area contributed by atoms with E-state index >= 15 is 0 Å². The highest BCUT2D eigenvalue weighted by Crippen LogP contribution is 2.24. The second-order valence-corrected chi connectivity index (χ2v) is 11.1. The quantitative estimate of drug-likeness (QED) is 0.345. The monoisotopic (exact) mass is 568 g/mol. The molecule has 0 spiro atoms. The second-order valence-electron chi connectivity index (χ2n) is 11.1. The van der Waals surface area contributed by atoms with Gasteiger partial charge in [-0.1, -0.05) is 26.0 Å². The van der Waals surface area contributed by atoms with Gasteiger partial charge in [0.1, 0.15) is 0 Å². The van der Waals surface area contributed by atoms with E-state index in [-0.39, 0.29) is 17.9 Å². The van der Waals surface area contributed by atoms with Crippen LogP contribution in [0.1, 0.15) is 58.9 Å². The normalized spacial score (nSPS) is 17.5. The molecule has 0 bridgehead atoms. The van der Waals surface area contributed by atoms with Gasteiger partial charge in [-0.05, 0) is 60.7 Å². The predicted octanol–water partition coefficient (Wildman–Crippen LogP) is 3.86. The Morgan fingerprint density at radius 3 is 2.45 bits per heavy atom. The van der Waals surface area contributed by atoms with E-state index in [0.29, 0.717) is 67.3 Å². The Bertz CT molecular complexity index is 1540. The van der Waals surface area contributed by atoms with Crippen LogP contribution < -0.4 is 15.5 Å². The summed E-state index contributed by atoms with van der Waals surface area (Å²) in [4.78, 5) is 39.0. The topological polar surface area (TPSA) is 117 Å². The molecule has 11 heteroatoms. The van der Waals surface area contributed by atoms with Crippen molar-refractivity contribution in [2.24, 2.45) is 0 Å². The number of carbonyl (C=O) groups is 2. The lowest BCUT2D eigenvalue weighted by molar-refractivity contribution is 0.0303. The van der Waals surface area contributed by atoms with Gasteiger partial charge < -0.3 is 25.2 Å². The van der Waals surface area contributed by atoms with Crippen LogP contribution in [-0.4, -0.2) is 81.7 Å². The van der Waals surface area contributed by atoms with Gasteiger partial charge in [0.2, 0.25) is 5.95 Å². The molecule has 2 aliphatic rings. The molecule has 0 saturated carbocycles. The molecule has 2 fully saturated rings. The molecule has 218 valence electrons. The summed E-state index contributed by atoms with van der Waals surface area (Å²) in [5.74, 6) is 1.48. The zero-order valence-electron chi connectivity index (χ0n) is 24.0. The lowest BCUT2D eigenvalue weighted by Gasteiger charge is -2.33. The van der Waals surface area contributed by atoms with E-state index in [1.54, 1.807) is 16.9 Å². The Morgan fingerprint density at radius 2 is 1.71 bits per heavy atom. The van der Waals surface area contributed by atoms with Crippen molar-refractivity contribution in [3.8, 4) is 0 Å². The van der Waals surface area contributed by atoms with Crippen LogP contribution in [0.5, 0.6) is 0 Å². The van der Waals surface area contributed by atoms with E-state index in [4.69, 9.17) is 14.8 Å². The van der Waals surface area contributed by atoms with Crippen LogP contribution in [-0.2, 0) is 4.74 Å². The molecule has 42 heavy (non-hydrogen) atoms. The Balaban J connectivity index is 1.15. The smallest absolute Gasteiger partial charge is 0.254 e. The number of piperidine rings is 1. The molecule has 2 amide bonds. The van der Waals surface area contributed by atoms with Gasteiger partial charge in [0, 0.05) is 61.4 Å². The van der Waals surface area contributed by atoms with E-state index in [1.807, 2.05) is 53.4 Å². The van der Waals surface area contributed by atoms with E-state index in [2.05, 4.69) is 34.4 Å². The van der Waals surface area contributed by atoms with Gasteiger partial charge in [-0.3, -0.25) is 9.59 Å². The predicted molar refractivity (Wildman–Crippen MR) is 160 cm³/mol. The summed E-state index contributed by atoms with van der Waals surface area (Å²) in [6, 6.07) is 15.2. The molecule has 1 atom stereocenters. The molecule has 0 unspecified atom stereocenters. The largest absolute Gasteiger partial charge is 0.378 e. The number of fused-ring (bicyclic) bond motifs is 1. The maximum atomic E-state index is 13.0. The summed E-state index contributed by atoms with van der Waals surface area (Å²) < 4.78 is 7.07. The average Bonchev–Trinajstić information content (AvgIpc) is 3.51. The molecular formula is C31H36N8O3. The molecule has 2 saturated heterocycles. The summed E-state index contributed by atoms with van der Waals surface area (Å²) in [5, 5.41) is 11.3. The van der Waals surface area contributed by atoms with Crippen molar-refractivity contribution in [1.82, 2.24) is 29.8 Å². The lowest BCUT2D eigenvalue weighted by atomic mass is 10.0. The molecule has 6 rings (SSSR count). The van der Waals surface area contributed by atoms with Gasteiger partial charge in [0.25, 0.3) is 11.8 Å². The minimum absolute atomic E-state index is 0.00383. The summed E-state index contributed by atoms with van der Waals surface area (Å²) >= 11 is 0. The number of aromatic nitrogens is 4. The number of nitrogens with zero attached hydrogens (tertiary/aromatic N) is 6. The summed E-state index contributed by atoms with van der Waals surface area (Å²) in [5.41, 5.74) is 3.89. The minimum atomic E-state index is -0.0685. The zero-order chi connectivity index (χ0) is 29.1. The van der Waals surface area contributed by atoms with Crippen molar-refractivity contribution < 1.29 is 14.3 Å². The van der Waals surface area contributed by atoms with Crippen LogP contribution in [0.4, 0.5) is 17.5 Å². The highest BCUT2D eigenvalue weighted by atomic mass is 16.5. The first-order valence-corrected chi connectivity index (χ1v) is 14.6. The number of benzene rings is 2. The van der Waals surface area contributed by atoms with E-state index in [1.165, 1.54) is 5.56 Å². The fourth-order valence-electron chi connectivity index (χ4n) is 5.38. The Labute approximate surface area is 244 Å². The fraction of sp³-hybridized carbons (Fsp3) is 0.387. The third-order valence-corrected chi connectivity index (χ3v) is 7.81. The van der Waals surface area contributed by atoms with Crippen LogP contribution in [0.15, 0.2) is 60.9 Å².